The number of anilines is 1. The third-order valence-corrected chi connectivity index (χ3v) is 4.76. The summed E-state index contributed by atoms with van der Waals surface area (Å²) in [5.74, 6) is 2.15. The number of aromatic nitrogens is 3. The second kappa shape index (κ2) is 6.49. The molecule has 2 aromatic rings. The number of hydrogen-bond acceptors (Lipinski definition) is 7. The summed E-state index contributed by atoms with van der Waals surface area (Å²) in [6, 6.07) is 1.83. The lowest BCUT2D eigenvalue weighted by Crippen LogP contribution is -2.49. The highest BCUT2D eigenvalue weighted by Gasteiger charge is 2.25. The van der Waals surface area contributed by atoms with Gasteiger partial charge in [-0.15, -0.1) is 11.3 Å². The van der Waals surface area contributed by atoms with Crippen LogP contribution in [-0.4, -0.2) is 59.0 Å². The maximum absolute atomic E-state index is 12.5. The largest absolute Gasteiger partial charge is 0.481 e. The highest BCUT2D eigenvalue weighted by atomic mass is 32.1. The van der Waals surface area contributed by atoms with Crippen molar-refractivity contribution in [3.05, 3.63) is 28.0 Å². The van der Waals surface area contributed by atoms with Crippen LogP contribution in [0.4, 0.5) is 5.82 Å². The molecule has 3 rings (SSSR count). The van der Waals surface area contributed by atoms with E-state index in [0.717, 1.165) is 29.5 Å². The fourth-order valence-corrected chi connectivity index (χ4v) is 3.35. The predicted molar refractivity (Wildman–Crippen MR) is 88.3 cm³/mol. The standard InChI is InChI=1S/C15H19N5O2S/c1-10-14(23-9-16-10)15(21)20-6-4-19(5-7-20)12-8-13(22-3)18-11(2)17-12/h8-9H,4-7H2,1-3H3. The van der Waals surface area contributed by atoms with Crippen LogP contribution in [0.15, 0.2) is 11.6 Å². The van der Waals surface area contributed by atoms with Crippen LogP contribution >= 0.6 is 11.3 Å². The lowest BCUT2D eigenvalue weighted by molar-refractivity contribution is 0.0750. The van der Waals surface area contributed by atoms with E-state index in [1.165, 1.54) is 11.3 Å². The van der Waals surface area contributed by atoms with E-state index in [9.17, 15) is 4.79 Å². The molecule has 7 nitrogen and oxygen atoms in total. The number of piperazine rings is 1. The minimum atomic E-state index is 0.0705. The van der Waals surface area contributed by atoms with E-state index in [0.29, 0.717) is 24.8 Å². The first kappa shape index (κ1) is 15.7. The van der Waals surface area contributed by atoms with Gasteiger partial charge in [0.05, 0.1) is 18.3 Å². The van der Waals surface area contributed by atoms with Crippen LogP contribution in [0.5, 0.6) is 5.88 Å². The van der Waals surface area contributed by atoms with Crippen molar-refractivity contribution in [1.29, 1.82) is 0 Å². The van der Waals surface area contributed by atoms with Crippen LogP contribution in [0.3, 0.4) is 0 Å². The van der Waals surface area contributed by atoms with Crippen molar-refractivity contribution in [2.75, 3.05) is 38.2 Å². The van der Waals surface area contributed by atoms with E-state index < -0.39 is 0 Å². The van der Waals surface area contributed by atoms with Crippen LogP contribution in [0, 0.1) is 13.8 Å². The highest BCUT2D eigenvalue weighted by molar-refractivity contribution is 7.11. The number of rotatable bonds is 3. The first-order valence-electron chi connectivity index (χ1n) is 7.42. The molecule has 0 radical (unpaired) electrons. The monoisotopic (exact) mass is 333 g/mol. The number of carbonyl (C=O) groups is 1. The Morgan fingerprint density at radius 1 is 1.22 bits per heavy atom. The molecule has 0 atom stereocenters. The Labute approximate surface area is 138 Å². The van der Waals surface area contributed by atoms with Gasteiger partial charge in [-0.3, -0.25) is 4.79 Å². The average Bonchev–Trinajstić information content (AvgIpc) is 2.99. The zero-order chi connectivity index (χ0) is 16.4. The second-order valence-corrected chi connectivity index (χ2v) is 6.22. The molecule has 1 amide bonds. The maximum atomic E-state index is 12.5. The normalized spacial score (nSPS) is 14.9. The molecule has 0 N–H and O–H groups in total. The summed E-state index contributed by atoms with van der Waals surface area (Å²) in [6.07, 6.45) is 0. The van der Waals surface area contributed by atoms with Crippen LogP contribution in [0.25, 0.3) is 0 Å². The first-order chi connectivity index (χ1) is 11.1. The predicted octanol–water partition coefficient (Wildman–Crippen LogP) is 1.52. The van der Waals surface area contributed by atoms with Crippen LogP contribution < -0.4 is 9.64 Å². The number of hydrogen-bond donors (Lipinski definition) is 0. The summed E-state index contributed by atoms with van der Waals surface area (Å²) in [5, 5.41) is 0. The smallest absolute Gasteiger partial charge is 0.265 e. The molecular formula is C15H19N5O2S. The van der Waals surface area contributed by atoms with E-state index in [1.54, 1.807) is 12.6 Å². The number of methoxy groups -OCH3 is 1. The summed E-state index contributed by atoms with van der Waals surface area (Å²) < 4.78 is 5.20. The third kappa shape index (κ3) is 3.26. The molecule has 2 aromatic heterocycles. The number of carbonyl (C=O) groups excluding carboxylic acids is 1. The topological polar surface area (TPSA) is 71.5 Å². The second-order valence-electron chi connectivity index (χ2n) is 5.36. The molecule has 0 aromatic carbocycles. The van der Waals surface area contributed by atoms with Gasteiger partial charge in [0.25, 0.3) is 5.91 Å². The van der Waals surface area contributed by atoms with Gasteiger partial charge in [0, 0.05) is 32.2 Å². The summed E-state index contributed by atoms with van der Waals surface area (Å²) in [5.41, 5.74) is 2.52. The van der Waals surface area contributed by atoms with Gasteiger partial charge in [0.15, 0.2) is 0 Å². The van der Waals surface area contributed by atoms with Crippen molar-refractivity contribution in [2.45, 2.75) is 13.8 Å². The molecule has 1 aliphatic rings. The molecule has 122 valence electrons. The Morgan fingerprint density at radius 3 is 2.57 bits per heavy atom. The van der Waals surface area contributed by atoms with Gasteiger partial charge in [-0.2, -0.15) is 4.98 Å². The molecule has 23 heavy (non-hydrogen) atoms. The fraction of sp³-hybridized carbons (Fsp3) is 0.467. The summed E-state index contributed by atoms with van der Waals surface area (Å²) in [6.45, 7) is 6.53. The third-order valence-electron chi connectivity index (χ3n) is 3.84. The molecule has 1 saturated heterocycles. The zero-order valence-electron chi connectivity index (χ0n) is 13.4. The summed E-state index contributed by atoms with van der Waals surface area (Å²) in [4.78, 5) is 30.1. The first-order valence-corrected chi connectivity index (χ1v) is 8.30. The molecule has 0 spiro atoms. The van der Waals surface area contributed by atoms with E-state index >= 15 is 0 Å². The maximum Gasteiger partial charge on any atom is 0.265 e. The average molecular weight is 333 g/mol. The number of aryl methyl sites for hydroxylation is 2. The highest BCUT2D eigenvalue weighted by Crippen LogP contribution is 2.21. The Kier molecular flexibility index (Phi) is 4.42. The Hall–Kier alpha value is -2.22. The number of amides is 1. The molecule has 1 aliphatic heterocycles. The fourth-order valence-electron chi connectivity index (χ4n) is 2.58. The van der Waals surface area contributed by atoms with Crippen LogP contribution in [0.1, 0.15) is 21.2 Å². The Morgan fingerprint density at radius 2 is 1.96 bits per heavy atom. The van der Waals surface area contributed by atoms with Crippen molar-refractivity contribution >= 4 is 23.1 Å². The van der Waals surface area contributed by atoms with Gasteiger partial charge in [-0.1, -0.05) is 0 Å². The summed E-state index contributed by atoms with van der Waals surface area (Å²) >= 11 is 1.40. The van der Waals surface area contributed by atoms with Gasteiger partial charge >= 0.3 is 0 Å². The van der Waals surface area contributed by atoms with E-state index in [2.05, 4.69) is 19.9 Å². The molecule has 0 bridgehead atoms. The number of ether oxygens (including phenoxy) is 1. The minimum absolute atomic E-state index is 0.0705. The molecular weight excluding hydrogens is 314 g/mol. The lowest BCUT2D eigenvalue weighted by Gasteiger charge is -2.35. The minimum Gasteiger partial charge on any atom is -0.481 e. The van der Waals surface area contributed by atoms with Gasteiger partial charge in [0.2, 0.25) is 5.88 Å². The summed E-state index contributed by atoms with van der Waals surface area (Å²) in [7, 11) is 1.60. The number of thiazole rings is 1. The van der Waals surface area contributed by atoms with Gasteiger partial charge in [-0.05, 0) is 13.8 Å². The number of nitrogens with zero attached hydrogens (tertiary/aromatic N) is 5. The quantitative estimate of drug-likeness (QED) is 0.848. The van der Waals surface area contributed by atoms with Gasteiger partial charge < -0.3 is 14.5 Å². The van der Waals surface area contributed by atoms with E-state index in [4.69, 9.17) is 4.74 Å². The Balaban J connectivity index is 1.68. The van der Waals surface area contributed by atoms with E-state index in [1.807, 2.05) is 24.8 Å². The van der Waals surface area contributed by atoms with Crippen molar-refractivity contribution in [3.8, 4) is 5.88 Å². The molecule has 0 aliphatic carbocycles. The molecule has 8 heteroatoms. The molecule has 0 unspecified atom stereocenters. The van der Waals surface area contributed by atoms with Crippen molar-refractivity contribution in [3.63, 3.8) is 0 Å². The molecule has 0 saturated carbocycles. The van der Waals surface area contributed by atoms with Crippen molar-refractivity contribution in [1.82, 2.24) is 19.9 Å². The SMILES string of the molecule is COc1cc(N2CCN(C(=O)c3scnc3C)CC2)nc(C)n1. The van der Waals surface area contributed by atoms with E-state index in [-0.39, 0.29) is 5.91 Å². The van der Waals surface area contributed by atoms with Crippen LogP contribution in [-0.2, 0) is 0 Å². The lowest BCUT2D eigenvalue weighted by atomic mass is 10.2. The molecule has 3 heterocycles. The molecule has 1 fully saturated rings. The zero-order valence-corrected chi connectivity index (χ0v) is 14.3. The van der Waals surface area contributed by atoms with Crippen molar-refractivity contribution < 1.29 is 9.53 Å². The van der Waals surface area contributed by atoms with Gasteiger partial charge in [0.1, 0.15) is 16.5 Å². The van der Waals surface area contributed by atoms with Crippen molar-refractivity contribution in [2.24, 2.45) is 0 Å². The van der Waals surface area contributed by atoms with Gasteiger partial charge in [-0.25, -0.2) is 9.97 Å². The Bertz CT molecular complexity index is 710. The van der Waals surface area contributed by atoms with Crippen LogP contribution in [0.2, 0.25) is 0 Å².